The van der Waals surface area contributed by atoms with Gasteiger partial charge in [0, 0.05) is 5.92 Å². The Morgan fingerprint density at radius 1 is 1.33 bits per heavy atom. The number of ether oxygens (including phenoxy) is 1. The van der Waals surface area contributed by atoms with Gasteiger partial charge in [-0.05, 0) is 25.3 Å². The molecule has 0 aromatic heterocycles. The summed E-state index contributed by atoms with van der Waals surface area (Å²) < 4.78 is 5.94. The molecule has 1 heteroatoms. The third kappa shape index (κ3) is 1.89. The van der Waals surface area contributed by atoms with Crippen LogP contribution in [0, 0.1) is 5.92 Å². The molecule has 0 bridgehead atoms. The van der Waals surface area contributed by atoms with E-state index < -0.39 is 0 Å². The Kier molecular flexibility index (Phi) is 3.33. The molecule has 0 fully saturated rings. The molecule has 12 heavy (non-hydrogen) atoms. The highest BCUT2D eigenvalue weighted by molar-refractivity contribution is 5.11. The van der Waals surface area contributed by atoms with Gasteiger partial charge in [0.25, 0.3) is 0 Å². The summed E-state index contributed by atoms with van der Waals surface area (Å²) in [4.78, 5) is 0. The average Bonchev–Trinajstić information content (AvgIpc) is 2.05. The lowest BCUT2D eigenvalue weighted by molar-refractivity contribution is -0.0272. The summed E-state index contributed by atoms with van der Waals surface area (Å²) in [5.74, 6) is 0.595. The molecule has 0 aromatic carbocycles. The molecule has 0 saturated heterocycles. The van der Waals surface area contributed by atoms with Gasteiger partial charge in [-0.3, -0.25) is 0 Å². The second-order valence-electron chi connectivity index (χ2n) is 3.75. The molecule has 1 rings (SSSR count). The molecule has 1 heterocycles. The summed E-state index contributed by atoms with van der Waals surface area (Å²) in [6.07, 6.45) is 5.42. The molecule has 0 N–H and O–H groups in total. The maximum absolute atomic E-state index is 5.94. The molecule has 0 aliphatic carbocycles. The zero-order valence-corrected chi connectivity index (χ0v) is 8.63. The highest BCUT2D eigenvalue weighted by atomic mass is 16.5. The van der Waals surface area contributed by atoms with E-state index in [0.717, 1.165) is 12.8 Å². The summed E-state index contributed by atoms with van der Waals surface area (Å²) in [7, 11) is 0. The van der Waals surface area contributed by atoms with Crippen LogP contribution in [0.4, 0.5) is 0 Å². The van der Waals surface area contributed by atoms with Gasteiger partial charge in [-0.15, -0.1) is 0 Å². The van der Waals surface area contributed by atoms with Crippen molar-refractivity contribution in [3.63, 3.8) is 0 Å². The topological polar surface area (TPSA) is 9.23 Å². The van der Waals surface area contributed by atoms with Crippen molar-refractivity contribution >= 4 is 0 Å². The minimum atomic E-state index is 0.381. The molecular formula is C11H20O. The van der Waals surface area contributed by atoms with Gasteiger partial charge in [-0.1, -0.05) is 26.8 Å². The molecule has 0 amide bonds. The molecule has 0 saturated carbocycles. The van der Waals surface area contributed by atoms with Gasteiger partial charge in [0.2, 0.25) is 0 Å². The van der Waals surface area contributed by atoms with Crippen molar-refractivity contribution in [1.82, 2.24) is 0 Å². The Hall–Kier alpha value is -0.300. The van der Waals surface area contributed by atoms with Gasteiger partial charge < -0.3 is 4.74 Å². The quantitative estimate of drug-likeness (QED) is 0.575. The lowest BCUT2D eigenvalue weighted by atomic mass is 9.93. The minimum absolute atomic E-state index is 0.381. The van der Waals surface area contributed by atoms with Crippen LogP contribution in [0.2, 0.25) is 0 Å². The van der Waals surface area contributed by atoms with E-state index in [1.165, 1.54) is 5.57 Å². The Labute approximate surface area is 75.8 Å². The van der Waals surface area contributed by atoms with Crippen molar-refractivity contribution < 1.29 is 4.74 Å². The zero-order valence-electron chi connectivity index (χ0n) is 8.63. The first-order chi connectivity index (χ1) is 5.69. The highest BCUT2D eigenvalue weighted by Gasteiger charge is 2.24. The van der Waals surface area contributed by atoms with Crippen LogP contribution >= 0.6 is 0 Å². The molecular weight excluding hydrogens is 148 g/mol. The molecule has 1 aliphatic heterocycles. The van der Waals surface area contributed by atoms with Crippen LogP contribution < -0.4 is 0 Å². The lowest BCUT2D eigenvalue weighted by Crippen LogP contribution is -2.31. The molecule has 0 spiro atoms. The maximum atomic E-state index is 5.94. The van der Waals surface area contributed by atoms with Crippen LogP contribution in [0.15, 0.2) is 11.6 Å². The summed E-state index contributed by atoms with van der Waals surface area (Å²) in [5.41, 5.74) is 1.41. The van der Waals surface area contributed by atoms with Gasteiger partial charge in [-0.25, -0.2) is 0 Å². The summed E-state index contributed by atoms with van der Waals surface area (Å²) in [5, 5.41) is 0. The van der Waals surface area contributed by atoms with E-state index >= 15 is 0 Å². The fourth-order valence-corrected chi connectivity index (χ4v) is 1.96. The van der Waals surface area contributed by atoms with Crippen molar-refractivity contribution in [3.05, 3.63) is 11.6 Å². The number of rotatable bonds is 2. The van der Waals surface area contributed by atoms with Crippen LogP contribution in [0.3, 0.4) is 0 Å². The molecule has 1 unspecified atom stereocenters. The third-order valence-electron chi connectivity index (χ3n) is 2.73. The Morgan fingerprint density at radius 3 is 2.50 bits per heavy atom. The van der Waals surface area contributed by atoms with E-state index in [-0.39, 0.29) is 0 Å². The van der Waals surface area contributed by atoms with E-state index in [9.17, 15) is 0 Å². The first-order valence-corrected chi connectivity index (χ1v) is 5.02. The number of hydrogen-bond acceptors (Lipinski definition) is 1. The van der Waals surface area contributed by atoms with Crippen LogP contribution in [0.1, 0.15) is 40.5 Å². The highest BCUT2D eigenvalue weighted by Crippen LogP contribution is 2.26. The van der Waals surface area contributed by atoms with Crippen molar-refractivity contribution in [2.75, 3.05) is 0 Å². The van der Waals surface area contributed by atoms with E-state index in [1.807, 2.05) is 0 Å². The van der Waals surface area contributed by atoms with Crippen molar-refractivity contribution in [3.8, 4) is 0 Å². The van der Waals surface area contributed by atoms with Gasteiger partial charge in [0.15, 0.2) is 0 Å². The van der Waals surface area contributed by atoms with Gasteiger partial charge in [0.05, 0.1) is 12.2 Å². The van der Waals surface area contributed by atoms with Gasteiger partial charge in [0.1, 0.15) is 0 Å². The zero-order chi connectivity index (χ0) is 9.14. The SMILES string of the molecule is CCC1O[C@@H](CC)[C@@H](C)C=C1C. The van der Waals surface area contributed by atoms with E-state index in [0.29, 0.717) is 18.1 Å². The van der Waals surface area contributed by atoms with E-state index in [1.54, 1.807) is 0 Å². The number of hydrogen-bond donors (Lipinski definition) is 0. The largest absolute Gasteiger partial charge is 0.370 e. The summed E-state index contributed by atoms with van der Waals surface area (Å²) in [6.45, 7) is 8.80. The van der Waals surface area contributed by atoms with Crippen LogP contribution in [0.25, 0.3) is 0 Å². The predicted molar refractivity (Wildman–Crippen MR) is 52.2 cm³/mol. The van der Waals surface area contributed by atoms with Gasteiger partial charge >= 0.3 is 0 Å². The maximum Gasteiger partial charge on any atom is 0.0783 e. The molecule has 3 atom stereocenters. The molecule has 1 aliphatic rings. The first kappa shape index (κ1) is 9.79. The predicted octanol–water partition coefficient (Wildman–Crippen LogP) is 3.16. The normalized spacial score (nSPS) is 36.3. The molecule has 0 aromatic rings. The summed E-state index contributed by atoms with van der Waals surface area (Å²) >= 11 is 0. The summed E-state index contributed by atoms with van der Waals surface area (Å²) in [6, 6.07) is 0. The monoisotopic (exact) mass is 168 g/mol. The average molecular weight is 168 g/mol. The lowest BCUT2D eigenvalue weighted by Gasteiger charge is -2.32. The second kappa shape index (κ2) is 4.08. The molecule has 70 valence electrons. The Bertz CT molecular complexity index is 172. The van der Waals surface area contributed by atoms with Crippen LogP contribution in [0.5, 0.6) is 0 Å². The third-order valence-corrected chi connectivity index (χ3v) is 2.73. The minimum Gasteiger partial charge on any atom is -0.370 e. The van der Waals surface area contributed by atoms with Crippen molar-refractivity contribution in [2.45, 2.75) is 52.7 Å². The fraction of sp³-hybridized carbons (Fsp3) is 0.818. The van der Waals surface area contributed by atoms with Gasteiger partial charge in [-0.2, -0.15) is 0 Å². The smallest absolute Gasteiger partial charge is 0.0783 e. The van der Waals surface area contributed by atoms with Crippen LogP contribution in [-0.2, 0) is 4.74 Å². The standard InChI is InChI=1S/C11H20O/c1-5-10-8(3)7-9(4)11(6-2)12-10/h7-8,10-11H,5-6H2,1-4H3/t8-,10-,11?/m0/s1. The molecule has 0 radical (unpaired) electrons. The second-order valence-corrected chi connectivity index (χ2v) is 3.75. The fourth-order valence-electron chi connectivity index (χ4n) is 1.96. The van der Waals surface area contributed by atoms with Crippen molar-refractivity contribution in [2.24, 2.45) is 5.92 Å². The Balaban J connectivity index is 2.68. The first-order valence-electron chi connectivity index (χ1n) is 5.02. The Morgan fingerprint density at radius 2 is 2.00 bits per heavy atom. The van der Waals surface area contributed by atoms with E-state index in [2.05, 4.69) is 33.8 Å². The molecule has 1 nitrogen and oxygen atoms in total. The van der Waals surface area contributed by atoms with Crippen molar-refractivity contribution in [1.29, 1.82) is 0 Å². The van der Waals surface area contributed by atoms with Crippen LogP contribution in [-0.4, -0.2) is 12.2 Å². The van der Waals surface area contributed by atoms with E-state index in [4.69, 9.17) is 4.74 Å².